The molecule has 56 heavy (non-hydrogen) atoms. The van der Waals surface area contributed by atoms with Gasteiger partial charge >= 0.3 is 6.16 Å². The van der Waals surface area contributed by atoms with Crippen LogP contribution in [0.5, 0.6) is 0 Å². The van der Waals surface area contributed by atoms with Gasteiger partial charge in [0.25, 0.3) is 5.91 Å². The van der Waals surface area contributed by atoms with Crippen LogP contribution >= 0.6 is 0 Å². The minimum Gasteiger partial charge on any atom is -0.744 e. The predicted octanol–water partition coefficient (Wildman–Crippen LogP) is 6.52. The summed E-state index contributed by atoms with van der Waals surface area (Å²) in [6.07, 6.45) is 4.37. The first-order valence-electron chi connectivity index (χ1n) is 18.1. The Hall–Kier alpha value is -5.74. The minimum absolute atomic E-state index is 0.178. The molecule has 6 rings (SSSR count). The van der Waals surface area contributed by atoms with Crippen LogP contribution in [-0.2, 0) is 26.1 Å². The summed E-state index contributed by atoms with van der Waals surface area (Å²) in [6, 6.07) is 24.8. The molecule has 14 nitrogen and oxygen atoms in total. The zero-order chi connectivity index (χ0) is 40.3. The van der Waals surface area contributed by atoms with Crippen molar-refractivity contribution in [1.29, 1.82) is 0 Å². The van der Waals surface area contributed by atoms with Crippen molar-refractivity contribution in [2.75, 3.05) is 50.6 Å². The highest BCUT2D eigenvalue weighted by atomic mass is 32.2. The van der Waals surface area contributed by atoms with Crippen LogP contribution in [-0.4, -0.2) is 95.4 Å². The van der Waals surface area contributed by atoms with E-state index >= 15 is 0 Å². The highest BCUT2D eigenvalue weighted by Crippen LogP contribution is 2.25. The molecule has 0 bridgehead atoms. The molecule has 1 amide bonds. The number of nitrogens with zero attached hydrogens (tertiary/aromatic N) is 5. The zero-order valence-electron chi connectivity index (χ0n) is 32.1. The molecule has 1 aliphatic heterocycles. The quantitative estimate of drug-likeness (QED) is 0.0844. The van der Waals surface area contributed by atoms with Crippen LogP contribution in [0.4, 0.5) is 22.1 Å². The van der Waals surface area contributed by atoms with Crippen molar-refractivity contribution in [2.45, 2.75) is 45.2 Å². The largest absolute Gasteiger partial charge is 0.744 e. The molecular weight excluding hydrogens is 735 g/mol. The van der Waals surface area contributed by atoms with Crippen LogP contribution in [0.15, 0.2) is 108 Å². The number of benzene rings is 3. The molecule has 2 N–H and O–H groups in total. The van der Waals surface area contributed by atoms with Crippen LogP contribution in [0.3, 0.4) is 0 Å². The molecule has 3 aromatic carbocycles. The number of anilines is 3. The molecule has 0 aliphatic carbocycles. The van der Waals surface area contributed by atoms with E-state index in [1.165, 1.54) is 12.1 Å². The number of ether oxygens (including phenoxy) is 2. The molecule has 1 aliphatic rings. The Labute approximate surface area is 327 Å². The molecule has 0 unspecified atom stereocenters. The van der Waals surface area contributed by atoms with Gasteiger partial charge in [0.1, 0.15) is 10.1 Å². The minimum atomic E-state index is -4.27. The average molecular weight is 782 g/mol. The van der Waals surface area contributed by atoms with Gasteiger partial charge < -0.3 is 24.7 Å². The lowest BCUT2D eigenvalue weighted by Crippen LogP contribution is -2.58. The van der Waals surface area contributed by atoms with E-state index in [0.717, 1.165) is 66.4 Å². The lowest BCUT2D eigenvalue weighted by molar-refractivity contribution is -0.929. The number of likely N-dealkylation sites (N-methyl/N-ethyl adjacent to an activating group) is 1. The number of piperazine rings is 1. The first-order chi connectivity index (χ1) is 26.7. The van der Waals surface area contributed by atoms with Crippen LogP contribution in [0.25, 0.3) is 11.3 Å². The predicted molar refractivity (Wildman–Crippen MR) is 212 cm³/mol. The average Bonchev–Trinajstić information content (AvgIpc) is 3.17. The Morgan fingerprint density at radius 1 is 0.946 bits per heavy atom. The van der Waals surface area contributed by atoms with Gasteiger partial charge in [-0.25, -0.2) is 23.2 Å². The van der Waals surface area contributed by atoms with E-state index in [0.29, 0.717) is 28.4 Å². The van der Waals surface area contributed by atoms with Crippen LogP contribution < -0.4 is 10.6 Å². The molecule has 5 aromatic rings. The Morgan fingerprint density at radius 2 is 1.66 bits per heavy atom. The molecule has 15 heteroatoms. The lowest BCUT2D eigenvalue weighted by atomic mass is 10.1. The van der Waals surface area contributed by atoms with Crippen molar-refractivity contribution in [2.24, 2.45) is 0 Å². The van der Waals surface area contributed by atoms with Gasteiger partial charge in [-0.05, 0) is 93.4 Å². The Kier molecular flexibility index (Phi) is 13.9. The summed E-state index contributed by atoms with van der Waals surface area (Å²) in [4.78, 5) is 40.2. The van der Waals surface area contributed by atoms with Gasteiger partial charge in [-0.1, -0.05) is 35.9 Å². The Balaban J connectivity index is 0.000000470. The molecule has 294 valence electrons. The maximum Gasteiger partial charge on any atom is 0.512 e. The lowest BCUT2D eigenvalue weighted by Gasteiger charge is -2.41. The third-order valence-electron chi connectivity index (χ3n) is 9.02. The van der Waals surface area contributed by atoms with Gasteiger partial charge in [-0.15, -0.1) is 0 Å². The summed E-state index contributed by atoms with van der Waals surface area (Å²) < 4.78 is 42.2. The molecule has 1 fully saturated rings. The number of nitrogens with one attached hydrogen (secondary N) is 2. The molecular formula is C41H47N7O7S. The van der Waals surface area contributed by atoms with Gasteiger partial charge in [-0.3, -0.25) is 19.2 Å². The molecule has 2 aromatic heterocycles. The molecule has 0 atom stereocenters. The summed E-state index contributed by atoms with van der Waals surface area (Å²) >= 11 is 0. The van der Waals surface area contributed by atoms with Gasteiger partial charge in [0, 0.05) is 60.7 Å². The van der Waals surface area contributed by atoms with Crippen LogP contribution in [0.2, 0.25) is 0 Å². The van der Waals surface area contributed by atoms with Crippen LogP contribution in [0.1, 0.15) is 40.9 Å². The second-order valence-electron chi connectivity index (χ2n) is 14.1. The number of hydrogen-bond acceptors (Lipinski definition) is 12. The van der Waals surface area contributed by atoms with E-state index in [1.807, 2.05) is 74.5 Å². The summed E-state index contributed by atoms with van der Waals surface area (Å²) in [7, 11) is -2.18. The Bertz CT molecular complexity index is 2190. The van der Waals surface area contributed by atoms with E-state index < -0.39 is 16.3 Å². The fourth-order valence-electron chi connectivity index (χ4n) is 5.69. The number of carbonyl (C=O) groups is 2. The van der Waals surface area contributed by atoms with Crippen molar-refractivity contribution < 1.29 is 36.5 Å². The summed E-state index contributed by atoms with van der Waals surface area (Å²) in [5.41, 5.74) is 6.76. The number of pyridine rings is 1. The smallest absolute Gasteiger partial charge is 0.512 e. The normalized spacial score (nSPS) is 13.9. The SMILES string of the molecule is Cc1ccc(NC(=O)c2ccc(CN3CC[N+](C)(COC(=O)OC(C)C)CC3)cc2)cc1Nc1nccc(-c2cccnc2)n1.Cc1ccc(S(=O)(=O)[O-])cc1. The topological polar surface area (TPSA) is 176 Å². The number of aromatic nitrogens is 3. The highest BCUT2D eigenvalue weighted by Gasteiger charge is 2.30. The summed E-state index contributed by atoms with van der Waals surface area (Å²) in [5, 5.41) is 6.28. The van der Waals surface area contributed by atoms with Crippen molar-refractivity contribution in [3.8, 4) is 11.3 Å². The number of hydrogen-bond donors (Lipinski definition) is 2. The van der Waals surface area contributed by atoms with E-state index in [1.54, 1.807) is 44.6 Å². The van der Waals surface area contributed by atoms with Crippen LogP contribution in [0, 0.1) is 13.8 Å². The van der Waals surface area contributed by atoms with Gasteiger partial charge in [0.05, 0.1) is 36.8 Å². The van der Waals surface area contributed by atoms with Gasteiger partial charge in [-0.2, -0.15) is 0 Å². The third-order valence-corrected chi connectivity index (χ3v) is 9.87. The molecule has 1 saturated heterocycles. The Morgan fingerprint density at radius 3 is 2.30 bits per heavy atom. The van der Waals surface area contributed by atoms with E-state index in [2.05, 4.69) is 37.5 Å². The number of quaternary nitrogens is 1. The van der Waals surface area contributed by atoms with Crippen molar-refractivity contribution >= 4 is 39.5 Å². The maximum absolute atomic E-state index is 13.1. The van der Waals surface area contributed by atoms with Crippen molar-refractivity contribution in [3.63, 3.8) is 0 Å². The fourth-order valence-corrected chi connectivity index (χ4v) is 6.16. The van der Waals surface area contributed by atoms with Gasteiger partial charge in [0.2, 0.25) is 12.7 Å². The van der Waals surface area contributed by atoms with Crippen molar-refractivity contribution in [1.82, 2.24) is 19.9 Å². The molecule has 3 heterocycles. The second kappa shape index (κ2) is 18.7. The van der Waals surface area contributed by atoms with E-state index in [-0.39, 0.29) is 16.9 Å². The third kappa shape index (κ3) is 12.4. The number of aryl methyl sites for hydroxylation is 2. The van der Waals surface area contributed by atoms with E-state index in [9.17, 15) is 22.6 Å². The molecule has 0 spiro atoms. The number of rotatable bonds is 11. The maximum atomic E-state index is 13.1. The second-order valence-corrected chi connectivity index (χ2v) is 15.5. The van der Waals surface area contributed by atoms with Gasteiger partial charge in [0.15, 0.2) is 0 Å². The number of carbonyl (C=O) groups excluding carboxylic acids is 2. The standard InChI is InChI=1S/C34H39N7O4.C7H8O3S/c1-24(2)45-34(43)44-23-41(4)18-16-40(17-19-41)22-26-8-10-27(11-9-26)32(42)37-29-12-7-25(3)31(20-29)39-33-36-15-13-30(38-33)28-6-5-14-35-21-28;1-6-2-4-7(5-3-6)11(8,9)10/h5-15,20-21,24H,16-19,22-23H2,1-4H3,(H-,36,37,38,39,42);2-5H,1H3,(H,8,9,10). The first-order valence-corrected chi connectivity index (χ1v) is 19.5. The van der Waals surface area contributed by atoms with E-state index in [4.69, 9.17) is 9.47 Å². The van der Waals surface area contributed by atoms with Crippen molar-refractivity contribution in [3.05, 3.63) is 126 Å². The number of amides is 1. The fraction of sp³-hybridized carbons (Fsp3) is 0.293. The summed E-state index contributed by atoms with van der Waals surface area (Å²) in [6.45, 7) is 12.0. The first kappa shape index (κ1) is 41.4. The monoisotopic (exact) mass is 781 g/mol. The molecule has 0 radical (unpaired) electrons. The zero-order valence-corrected chi connectivity index (χ0v) is 33.0. The summed E-state index contributed by atoms with van der Waals surface area (Å²) in [5.74, 6) is 0.267. The molecule has 0 saturated carbocycles. The highest BCUT2D eigenvalue weighted by molar-refractivity contribution is 7.85.